The molecule has 146 valence electrons. The lowest BCUT2D eigenvalue weighted by Crippen LogP contribution is -2.15. The van der Waals surface area contributed by atoms with Crippen LogP contribution < -0.4 is 20.1 Å². The van der Waals surface area contributed by atoms with E-state index in [0.717, 1.165) is 28.3 Å². The molecule has 2 rings (SSSR count). The first-order chi connectivity index (χ1) is 13.0. The summed E-state index contributed by atoms with van der Waals surface area (Å²) in [5.74, 6) is 1.90. The molecule has 0 aliphatic rings. The van der Waals surface area contributed by atoms with Crippen LogP contribution in [0.25, 0.3) is 0 Å². The Bertz CT molecular complexity index is 744. The van der Waals surface area contributed by atoms with Crippen LogP contribution in [-0.4, -0.2) is 19.6 Å². The van der Waals surface area contributed by atoms with E-state index in [1.54, 1.807) is 7.11 Å². The molecular formula is C22H30N2O3. The Morgan fingerprint density at radius 2 is 1.78 bits per heavy atom. The van der Waals surface area contributed by atoms with E-state index in [0.29, 0.717) is 32.0 Å². The smallest absolute Gasteiger partial charge is 0.224 e. The molecule has 27 heavy (non-hydrogen) atoms. The van der Waals surface area contributed by atoms with Gasteiger partial charge in [0.25, 0.3) is 0 Å². The summed E-state index contributed by atoms with van der Waals surface area (Å²) in [4.78, 5) is 11.9. The van der Waals surface area contributed by atoms with Gasteiger partial charge >= 0.3 is 0 Å². The second kappa shape index (κ2) is 10.6. The fourth-order valence-corrected chi connectivity index (χ4v) is 2.79. The van der Waals surface area contributed by atoms with E-state index in [1.807, 2.05) is 63.2 Å². The number of hydrogen-bond donors (Lipinski definition) is 2. The van der Waals surface area contributed by atoms with Gasteiger partial charge in [0, 0.05) is 25.2 Å². The largest absolute Gasteiger partial charge is 0.493 e. The van der Waals surface area contributed by atoms with Gasteiger partial charge in [0.05, 0.1) is 13.7 Å². The van der Waals surface area contributed by atoms with Crippen LogP contribution in [0.15, 0.2) is 42.5 Å². The van der Waals surface area contributed by atoms with Crippen LogP contribution in [0.5, 0.6) is 11.5 Å². The maximum absolute atomic E-state index is 11.9. The minimum Gasteiger partial charge on any atom is -0.493 e. The van der Waals surface area contributed by atoms with Gasteiger partial charge in [-0.1, -0.05) is 32.0 Å². The summed E-state index contributed by atoms with van der Waals surface area (Å²) in [6.07, 6.45) is 0.530. The zero-order valence-electron chi connectivity index (χ0n) is 16.7. The molecule has 5 heteroatoms. The van der Waals surface area contributed by atoms with Gasteiger partial charge in [-0.25, -0.2) is 0 Å². The highest BCUT2D eigenvalue weighted by Gasteiger charge is 2.07. The summed E-state index contributed by atoms with van der Waals surface area (Å²) in [5.41, 5.74) is 3.08. The summed E-state index contributed by atoms with van der Waals surface area (Å²) < 4.78 is 10.9. The second-order valence-corrected chi connectivity index (χ2v) is 6.87. The minimum atomic E-state index is 0.0524. The number of hydrogen-bond acceptors (Lipinski definition) is 4. The maximum atomic E-state index is 11.9. The van der Waals surface area contributed by atoms with Crippen LogP contribution >= 0.6 is 0 Å². The van der Waals surface area contributed by atoms with Gasteiger partial charge in [0.15, 0.2) is 11.5 Å². The van der Waals surface area contributed by atoms with Gasteiger partial charge in [-0.3, -0.25) is 4.79 Å². The predicted molar refractivity (Wildman–Crippen MR) is 109 cm³/mol. The average Bonchev–Trinajstić information content (AvgIpc) is 2.62. The van der Waals surface area contributed by atoms with Crippen molar-refractivity contribution in [3.8, 4) is 11.5 Å². The average molecular weight is 370 g/mol. The molecule has 1 amide bonds. The summed E-state index contributed by atoms with van der Waals surface area (Å²) >= 11 is 0. The molecule has 0 spiro atoms. The zero-order chi connectivity index (χ0) is 19.6. The molecular weight excluding hydrogens is 340 g/mol. The Morgan fingerprint density at radius 1 is 1.04 bits per heavy atom. The van der Waals surface area contributed by atoms with E-state index in [9.17, 15) is 4.79 Å². The highest BCUT2D eigenvalue weighted by molar-refractivity contribution is 5.90. The predicted octanol–water partition coefficient (Wildman–Crippen LogP) is 4.37. The molecule has 0 fully saturated rings. The lowest BCUT2D eigenvalue weighted by Gasteiger charge is -2.12. The molecule has 5 nitrogen and oxygen atoms in total. The molecule has 0 radical (unpaired) electrons. The van der Waals surface area contributed by atoms with E-state index < -0.39 is 0 Å². The lowest BCUT2D eigenvalue weighted by molar-refractivity contribution is -0.116. The number of benzene rings is 2. The van der Waals surface area contributed by atoms with E-state index >= 15 is 0 Å². The van der Waals surface area contributed by atoms with Gasteiger partial charge in [0.2, 0.25) is 5.91 Å². The van der Waals surface area contributed by atoms with Crippen molar-refractivity contribution in [1.82, 2.24) is 5.32 Å². The molecule has 0 saturated carbocycles. The van der Waals surface area contributed by atoms with Crippen LogP contribution in [0, 0.1) is 5.92 Å². The first-order valence-electron chi connectivity index (χ1n) is 9.41. The van der Waals surface area contributed by atoms with Crippen LogP contribution in [0.3, 0.4) is 0 Å². The summed E-state index contributed by atoms with van der Waals surface area (Å²) in [6.45, 7) is 8.06. The van der Waals surface area contributed by atoms with E-state index in [4.69, 9.17) is 9.47 Å². The number of carbonyl (C=O) groups is 1. The zero-order valence-corrected chi connectivity index (χ0v) is 16.7. The Balaban J connectivity index is 1.90. The van der Waals surface area contributed by atoms with Gasteiger partial charge in [-0.05, 0) is 48.2 Å². The molecule has 2 N–H and O–H groups in total. The number of methoxy groups -OCH3 is 1. The maximum Gasteiger partial charge on any atom is 0.224 e. The highest BCUT2D eigenvalue weighted by atomic mass is 16.5. The molecule has 0 aliphatic heterocycles. The van der Waals surface area contributed by atoms with Crippen LogP contribution in [0.1, 0.15) is 38.3 Å². The fraction of sp³-hybridized carbons (Fsp3) is 0.409. The van der Waals surface area contributed by atoms with Crippen molar-refractivity contribution in [2.24, 2.45) is 5.92 Å². The third kappa shape index (κ3) is 6.94. The topological polar surface area (TPSA) is 59.6 Å². The summed E-state index contributed by atoms with van der Waals surface area (Å²) in [5, 5.41) is 6.38. The summed E-state index contributed by atoms with van der Waals surface area (Å²) in [7, 11) is 1.65. The quantitative estimate of drug-likeness (QED) is 0.652. The molecule has 2 aromatic carbocycles. The fourth-order valence-electron chi connectivity index (χ4n) is 2.79. The molecule has 0 heterocycles. The first kappa shape index (κ1) is 20.8. The number of anilines is 1. The van der Waals surface area contributed by atoms with Crippen molar-refractivity contribution in [3.05, 3.63) is 53.6 Å². The van der Waals surface area contributed by atoms with Gasteiger partial charge < -0.3 is 20.1 Å². The van der Waals surface area contributed by atoms with E-state index in [1.165, 1.54) is 0 Å². The minimum absolute atomic E-state index is 0.0524. The van der Waals surface area contributed by atoms with Gasteiger partial charge in [-0.2, -0.15) is 0 Å². The molecule has 0 unspecified atom stereocenters. The second-order valence-electron chi connectivity index (χ2n) is 6.87. The third-order valence-electron chi connectivity index (χ3n) is 3.99. The number of rotatable bonds is 10. The number of amides is 1. The normalized spacial score (nSPS) is 10.7. The van der Waals surface area contributed by atoms with Crippen LogP contribution in [0.2, 0.25) is 0 Å². The van der Waals surface area contributed by atoms with Gasteiger partial charge in [-0.15, -0.1) is 0 Å². The van der Waals surface area contributed by atoms with Crippen LogP contribution in [-0.2, 0) is 17.9 Å². The molecule has 0 saturated heterocycles. The molecule has 2 aromatic rings. The molecule has 0 bridgehead atoms. The van der Waals surface area contributed by atoms with Crippen molar-refractivity contribution in [1.29, 1.82) is 0 Å². The molecule has 0 aromatic heterocycles. The molecule has 0 aliphatic carbocycles. The highest BCUT2D eigenvalue weighted by Crippen LogP contribution is 2.28. The Hall–Kier alpha value is -2.53. The number of ether oxygens (including phenoxy) is 2. The first-order valence-corrected chi connectivity index (χ1v) is 9.41. The monoisotopic (exact) mass is 370 g/mol. The number of nitrogens with one attached hydrogen (secondary N) is 2. The SMILES string of the molecule is CCOc1ccc(CNCc2cccc(NC(=O)CC(C)C)c2)cc1OC. The number of carbonyl (C=O) groups excluding carboxylic acids is 1. The van der Waals surface area contributed by atoms with Crippen molar-refractivity contribution in [2.75, 3.05) is 19.0 Å². The van der Waals surface area contributed by atoms with E-state index in [2.05, 4.69) is 10.6 Å². The molecule has 0 atom stereocenters. The van der Waals surface area contributed by atoms with E-state index in [-0.39, 0.29) is 5.91 Å². The van der Waals surface area contributed by atoms with Crippen LogP contribution in [0.4, 0.5) is 5.69 Å². The summed E-state index contributed by atoms with van der Waals surface area (Å²) in [6, 6.07) is 13.9. The van der Waals surface area contributed by atoms with Crippen molar-refractivity contribution in [2.45, 2.75) is 40.3 Å². The standard InChI is InChI=1S/C22H30N2O3/c1-5-27-20-10-9-18(13-21(20)26-4)15-23-14-17-7-6-8-19(12-17)24-22(25)11-16(2)3/h6-10,12-13,16,23H,5,11,14-15H2,1-4H3,(H,24,25). The van der Waals surface area contributed by atoms with Crippen molar-refractivity contribution >= 4 is 11.6 Å². The Morgan fingerprint density at radius 3 is 2.44 bits per heavy atom. The third-order valence-corrected chi connectivity index (χ3v) is 3.99. The van der Waals surface area contributed by atoms with Crippen molar-refractivity contribution in [3.63, 3.8) is 0 Å². The van der Waals surface area contributed by atoms with Crippen molar-refractivity contribution < 1.29 is 14.3 Å². The van der Waals surface area contributed by atoms with Gasteiger partial charge in [0.1, 0.15) is 0 Å². The lowest BCUT2D eigenvalue weighted by atomic mass is 10.1. The Kier molecular flexibility index (Phi) is 8.14. The Labute approximate surface area is 162 Å².